The van der Waals surface area contributed by atoms with Crippen LogP contribution in [-0.4, -0.2) is 29.9 Å². The van der Waals surface area contributed by atoms with Gasteiger partial charge in [-0.1, -0.05) is 35.9 Å². The van der Waals surface area contributed by atoms with Gasteiger partial charge in [0.25, 0.3) is 0 Å². The summed E-state index contributed by atoms with van der Waals surface area (Å²) in [4.78, 5) is 28.8. The molecule has 0 bridgehead atoms. The molecular weight excluding hydrogens is 429 g/mol. The third-order valence-corrected chi connectivity index (χ3v) is 5.55. The van der Waals surface area contributed by atoms with Gasteiger partial charge in [0, 0.05) is 36.0 Å². The third kappa shape index (κ3) is 5.45. The summed E-state index contributed by atoms with van der Waals surface area (Å²) in [6.45, 7) is 1.84. The van der Waals surface area contributed by atoms with Crippen LogP contribution in [0, 0.1) is 5.82 Å². The molecule has 4 rings (SSSR count). The Bertz CT molecular complexity index is 1100. The molecule has 3 aromatic rings. The fraction of sp³-hybridized carbons (Fsp3) is 0.200. The SMILES string of the molecule is O=C(Cc1ccc(F)cc1)Nc1ccc(N2CCCN(Cc3cccc(Cl)c3)C2=O)cc1. The summed E-state index contributed by atoms with van der Waals surface area (Å²) in [5.74, 6) is -0.519. The number of carbonyl (C=O) groups is 2. The van der Waals surface area contributed by atoms with Crippen molar-refractivity contribution in [2.45, 2.75) is 19.4 Å². The van der Waals surface area contributed by atoms with Gasteiger partial charge in [-0.15, -0.1) is 0 Å². The van der Waals surface area contributed by atoms with Crippen LogP contribution in [0.2, 0.25) is 5.02 Å². The van der Waals surface area contributed by atoms with Crippen molar-refractivity contribution in [2.75, 3.05) is 23.3 Å². The van der Waals surface area contributed by atoms with E-state index in [-0.39, 0.29) is 24.2 Å². The Labute approximate surface area is 191 Å². The lowest BCUT2D eigenvalue weighted by Crippen LogP contribution is -2.49. The van der Waals surface area contributed by atoms with Gasteiger partial charge in [0.15, 0.2) is 0 Å². The van der Waals surface area contributed by atoms with Crippen LogP contribution in [0.5, 0.6) is 0 Å². The highest BCUT2D eigenvalue weighted by Gasteiger charge is 2.26. The van der Waals surface area contributed by atoms with Gasteiger partial charge in [-0.05, 0) is 66.1 Å². The predicted molar refractivity (Wildman–Crippen MR) is 124 cm³/mol. The van der Waals surface area contributed by atoms with Crippen molar-refractivity contribution in [3.05, 3.63) is 94.8 Å². The average molecular weight is 452 g/mol. The summed E-state index contributed by atoms with van der Waals surface area (Å²) in [7, 11) is 0. The fourth-order valence-electron chi connectivity index (χ4n) is 3.74. The Balaban J connectivity index is 1.37. The van der Waals surface area contributed by atoms with E-state index in [2.05, 4.69) is 5.32 Å². The summed E-state index contributed by atoms with van der Waals surface area (Å²) < 4.78 is 13.0. The fourth-order valence-corrected chi connectivity index (χ4v) is 3.95. The van der Waals surface area contributed by atoms with E-state index < -0.39 is 0 Å². The zero-order chi connectivity index (χ0) is 22.5. The Morgan fingerprint density at radius 2 is 1.72 bits per heavy atom. The monoisotopic (exact) mass is 451 g/mol. The molecule has 0 aliphatic carbocycles. The molecule has 1 aliphatic heterocycles. The molecule has 1 N–H and O–H groups in total. The molecule has 0 radical (unpaired) electrons. The van der Waals surface area contributed by atoms with Gasteiger partial charge in [0.2, 0.25) is 5.91 Å². The van der Waals surface area contributed by atoms with E-state index in [1.165, 1.54) is 12.1 Å². The molecule has 1 saturated heterocycles. The van der Waals surface area contributed by atoms with E-state index in [9.17, 15) is 14.0 Å². The molecule has 1 aliphatic rings. The van der Waals surface area contributed by atoms with E-state index >= 15 is 0 Å². The number of urea groups is 1. The summed E-state index contributed by atoms with van der Waals surface area (Å²) in [6, 6.07) is 20.5. The molecule has 3 aromatic carbocycles. The number of hydrogen-bond acceptors (Lipinski definition) is 2. The smallest absolute Gasteiger partial charge is 0.324 e. The van der Waals surface area contributed by atoms with Crippen LogP contribution < -0.4 is 10.2 Å². The molecule has 3 amide bonds. The first-order valence-corrected chi connectivity index (χ1v) is 10.8. The van der Waals surface area contributed by atoms with Crippen LogP contribution in [0.15, 0.2) is 72.8 Å². The Morgan fingerprint density at radius 3 is 2.44 bits per heavy atom. The molecule has 0 spiro atoms. The molecule has 7 heteroatoms. The molecular formula is C25H23ClFN3O2. The number of carbonyl (C=O) groups excluding carboxylic acids is 2. The van der Waals surface area contributed by atoms with Crippen LogP contribution >= 0.6 is 11.6 Å². The second kappa shape index (κ2) is 9.83. The number of nitrogens with one attached hydrogen (secondary N) is 1. The van der Waals surface area contributed by atoms with Gasteiger partial charge >= 0.3 is 6.03 Å². The van der Waals surface area contributed by atoms with Crippen molar-refractivity contribution in [1.82, 2.24) is 4.90 Å². The molecule has 0 unspecified atom stereocenters. The van der Waals surface area contributed by atoms with Crippen molar-refractivity contribution in [3.63, 3.8) is 0 Å². The van der Waals surface area contributed by atoms with Crippen LogP contribution in [0.1, 0.15) is 17.5 Å². The molecule has 0 saturated carbocycles. The van der Waals surface area contributed by atoms with E-state index in [4.69, 9.17) is 11.6 Å². The second-order valence-corrected chi connectivity index (χ2v) is 8.17. The van der Waals surface area contributed by atoms with Gasteiger partial charge in [0.05, 0.1) is 6.42 Å². The topological polar surface area (TPSA) is 52.7 Å². The first kappa shape index (κ1) is 21.8. The maximum atomic E-state index is 13.0. The van der Waals surface area contributed by atoms with Crippen LogP contribution in [0.4, 0.5) is 20.6 Å². The number of rotatable bonds is 6. The van der Waals surface area contributed by atoms with E-state index in [1.807, 2.05) is 41.3 Å². The maximum Gasteiger partial charge on any atom is 0.324 e. The first-order valence-electron chi connectivity index (χ1n) is 10.4. The van der Waals surface area contributed by atoms with Gasteiger partial charge in [-0.3, -0.25) is 9.69 Å². The number of hydrogen-bond donors (Lipinski definition) is 1. The molecule has 1 heterocycles. The highest BCUT2D eigenvalue weighted by atomic mass is 35.5. The normalized spacial score (nSPS) is 13.9. The minimum atomic E-state index is -0.330. The number of amides is 3. The van der Waals surface area contributed by atoms with Crippen molar-refractivity contribution >= 4 is 34.9 Å². The predicted octanol–water partition coefficient (Wildman–Crippen LogP) is 5.49. The third-order valence-electron chi connectivity index (χ3n) is 5.31. The first-order chi connectivity index (χ1) is 15.5. The molecule has 32 heavy (non-hydrogen) atoms. The lowest BCUT2D eigenvalue weighted by Gasteiger charge is -2.35. The minimum absolute atomic E-state index is 0.0516. The zero-order valence-electron chi connectivity index (χ0n) is 17.4. The van der Waals surface area contributed by atoms with E-state index in [0.29, 0.717) is 30.3 Å². The zero-order valence-corrected chi connectivity index (χ0v) is 18.2. The molecule has 5 nitrogen and oxygen atoms in total. The lowest BCUT2D eigenvalue weighted by atomic mass is 10.1. The Hall–Kier alpha value is -3.38. The quantitative estimate of drug-likeness (QED) is 0.538. The van der Waals surface area contributed by atoms with Crippen molar-refractivity contribution in [2.24, 2.45) is 0 Å². The summed E-state index contributed by atoms with van der Waals surface area (Å²) in [6.07, 6.45) is 1.02. The largest absolute Gasteiger partial charge is 0.326 e. The molecule has 1 fully saturated rings. The Kier molecular flexibility index (Phi) is 6.71. The van der Waals surface area contributed by atoms with E-state index in [1.54, 1.807) is 29.2 Å². The standard InChI is InChI=1S/C25H23ClFN3O2/c26-20-4-1-3-19(15-20)17-29-13-2-14-30(25(29)32)23-11-9-22(10-12-23)28-24(31)16-18-5-7-21(27)8-6-18/h1,3-12,15H,2,13-14,16-17H2,(H,28,31). The highest BCUT2D eigenvalue weighted by Crippen LogP contribution is 2.24. The maximum absolute atomic E-state index is 13.0. The molecule has 0 aromatic heterocycles. The number of anilines is 2. The van der Waals surface area contributed by atoms with Crippen molar-refractivity contribution in [3.8, 4) is 0 Å². The molecule has 0 atom stereocenters. The second-order valence-electron chi connectivity index (χ2n) is 7.74. The summed E-state index contributed by atoms with van der Waals surface area (Å²) in [5, 5.41) is 3.49. The van der Waals surface area contributed by atoms with Crippen LogP contribution in [0.3, 0.4) is 0 Å². The van der Waals surface area contributed by atoms with Gasteiger partial charge in [0.1, 0.15) is 5.82 Å². The molecule has 164 valence electrons. The summed E-state index contributed by atoms with van der Waals surface area (Å²) in [5.41, 5.74) is 3.15. The summed E-state index contributed by atoms with van der Waals surface area (Å²) >= 11 is 6.07. The Morgan fingerprint density at radius 1 is 0.969 bits per heavy atom. The van der Waals surface area contributed by atoms with Crippen LogP contribution in [0.25, 0.3) is 0 Å². The van der Waals surface area contributed by atoms with E-state index in [0.717, 1.165) is 23.2 Å². The lowest BCUT2D eigenvalue weighted by molar-refractivity contribution is -0.115. The number of nitrogens with zero attached hydrogens (tertiary/aromatic N) is 2. The van der Waals surface area contributed by atoms with Crippen LogP contribution in [-0.2, 0) is 17.8 Å². The van der Waals surface area contributed by atoms with Gasteiger partial charge in [-0.2, -0.15) is 0 Å². The minimum Gasteiger partial charge on any atom is -0.326 e. The van der Waals surface area contributed by atoms with Crippen molar-refractivity contribution < 1.29 is 14.0 Å². The van der Waals surface area contributed by atoms with Crippen molar-refractivity contribution in [1.29, 1.82) is 0 Å². The van der Waals surface area contributed by atoms with Gasteiger partial charge in [-0.25, -0.2) is 9.18 Å². The number of halogens is 2. The average Bonchev–Trinajstić information content (AvgIpc) is 2.77. The van der Waals surface area contributed by atoms with Gasteiger partial charge < -0.3 is 10.2 Å². The number of benzene rings is 3. The highest BCUT2D eigenvalue weighted by molar-refractivity contribution is 6.30.